The summed E-state index contributed by atoms with van der Waals surface area (Å²) in [5, 5.41) is 18.4. The molecule has 39 heavy (non-hydrogen) atoms. The molecule has 5 rings (SSSR count). The molecule has 0 spiro atoms. The van der Waals surface area contributed by atoms with Crippen LogP contribution in [0.5, 0.6) is 5.75 Å². The normalized spacial score (nSPS) is 13.2. The van der Waals surface area contributed by atoms with Crippen LogP contribution in [-0.4, -0.2) is 73.2 Å². The Hall–Kier alpha value is -4.46. The molecule has 1 aliphatic rings. The fourth-order valence-electron chi connectivity index (χ4n) is 4.48. The topological polar surface area (TPSA) is 138 Å². The molecule has 4 heterocycles. The van der Waals surface area contributed by atoms with Gasteiger partial charge in [-0.05, 0) is 47.4 Å². The lowest BCUT2D eigenvalue weighted by molar-refractivity contribution is 0.0945. The summed E-state index contributed by atoms with van der Waals surface area (Å²) in [6.07, 6.45) is 9.64. The van der Waals surface area contributed by atoms with E-state index >= 15 is 4.39 Å². The van der Waals surface area contributed by atoms with Crippen molar-refractivity contribution in [2.75, 3.05) is 32.2 Å². The van der Waals surface area contributed by atoms with E-state index < -0.39 is 11.7 Å². The molecule has 0 radical (unpaired) electrons. The predicted molar refractivity (Wildman–Crippen MR) is 137 cm³/mol. The molecule has 1 amide bonds. The van der Waals surface area contributed by atoms with Crippen molar-refractivity contribution in [2.45, 2.75) is 39.0 Å². The van der Waals surface area contributed by atoms with Gasteiger partial charge in [0.1, 0.15) is 12.0 Å². The van der Waals surface area contributed by atoms with E-state index in [9.17, 15) is 4.79 Å². The molecule has 3 aromatic heterocycles. The Morgan fingerprint density at radius 2 is 1.95 bits per heavy atom. The summed E-state index contributed by atoms with van der Waals surface area (Å²) in [6, 6.07) is 3.10. The lowest BCUT2D eigenvalue weighted by Crippen LogP contribution is -2.25. The zero-order valence-electron chi connectivity index (χ0n) is 21.7. The highest BCUT2D eigenvalue weighted by atomic mass is 19.1. The first-order chi connectivity index (χ1) is 19.1. The number of ether oxygens (including phenoxy) is 2. The van der Waals surface area contributed by atoms with Crippen LogP contribution in [0.1, 0.15) is 40.0 Å². The molecule has 1 aliphatic heterocycles. The Bertz CT molecular complexity index is 1400. The quantitative estimate of drug-likeness (QED) is 0.301. The number of amides is 1. The molecular formula is C25H29FN10O3. The lowest BCUT2D eigenvalue weighted by atomic mass is 10.1. The number of carbonyl (C=O) groups is 1. The molecule has 0 aliphatic carbocycles. The van der Waals surface area contributed by atoms with Crippen LogP contribution in [0.15, 0.2) is 37.1 Å². The smallest absolute Gasteiger partial charge is 0.255 e. The molecule has 1 fully saturated rings. The predicted octanol–water partition coefficient (Wildman–Crippen LogP) is 1.72. The number of aryl methyl sites for hydroxylation is 2. The Balaban J connectivity index is 1.28. The second-order valence-electron chi connectivity index (χ2n) is 9.04. The number of hydrogen-bond donors (Lipinski definition) is 1. The van der Waals surface area contributed by atoms with Crippen LogP contribution in [0, 0.1) is 5.82 Å². The van der Waals surface area contributed by atoms with Crippen LogP contribution in [0.3, 0.4) is 0 Å². The third-order valence-corrected chi connectivity index (χ3v) is 6.50. The number of rotatable bonds is 11. The first-order valence-electron chi connectivity index (χ1n) is 12.6. The van der Waals surface area contributed by atoms with Crippen molar-refractivity contribution in [1.29, 1.82) is 0 Å². The summed E-state index contributed by atoms with van der Waals surface area (Å²) in [4.78, 5) is 24.4. The van der Waals surface area contributed by atoms with Gasteiger partial charge in [0.25, 0.3) is 5.91 Å². The highest BCUT2D eigenvalue weighted by molar-refractivity contribution is 5.95. The number of hydrogen-bond acceptors (Lipinski definition) is 10. The zero-order chi connectivity index (χ0) is 27.2. The number of carbonyl (C=O) groups excluding carboxylic acids is 1. The Morgan fingerprint density at radius 3 is 2.64 bits per heavy atom. The van der Waals surface area contributed by atoms with Crippen LogP contribution >= 0.6 is 0 Å². The van der Waals surface area contributed by atoms with Crippen molar-refractivity contribution in [3.8, 4) is 11.4 Å². The average molecular weight is 537 g/mol. The lowest BCUT2D eigenvalue weighted by Gasteiger charge is -2.14. The van der Waals surface area contributed by atoms with Crippen molar-refractivity contribution in [1.82, 2.24) is 45.3 Å². The van der Waals surface area contributed by atoms with Crippen LogP contribution in [-0.2, 0) is 30.9 Å². The largest absolute Gasteiger partial charge is 0.494 e. The molecule has 0 bridgehead atoms. The molecular weight excluding hydrogens is 507 g/mol. The highest BCUT2D eigenvalue weighted by Gasteiger charge is 2.21. The monoisotopic (exact) mass is 536 g/mol. The summed E-state index contributed by atoms with van der Waals surface area (Å²) in [6.45, 7) is 2.51. The second kappa shape index (κ2) is 11.9. The SMILES string of the molecule is COCc1nn(CCc2cnc(N3CCCC3)nc2)cc1C(=O)NCc1c(-n2cnnn2)ccc(OC)c1F. The van der Waals surface area contributed by atoms with Gasteiger partial charge >= 0.3 is 0 Å². The average Bonchev–Trinajstić information content (AvgIpc) is 3.74. The van der Waals surface area contributed by atoms with Crippen molar-refractivity contribution in [3.63, 3.8) is 0 Å². The first-order valence-corrected chi connectivity index (χ1v) is 12.6. The number of halogens is 1. The van der Waals surface area contributed by atoms with Gasteiger partial charge < -0.3 is 19.7 Å². The van der Waals surface area contributed by atoms with E-state index in [2.05, 4.69) is 40.8 Å². The molecule has 13 nitrogen and oxygen atoms in total. The number of anilines is 1. The fourth-order valence-corrected chi connectivity index (χ4v) is 4.48. The first kappa shape index (κ1) is 26.2. The van der Waals surface area contributed by atoms with Crippen LogP contribution in [0.2, 0.25) is 0 Å². The van der Waals surface area contributed by atoms with Gasteiger partial charge in [0.05, 0.1) is 25.0 Å². The van der Waals surface area contributed by atoms with Crippen LogP contribution in [0.4, 0.5) is 10.3 Å². The number of nitrogens with one attached hydrogen (secondary N) is 1. The van der Waals surface area contributed by atoms with E-state index in [-0.39, 0.29) is 24.5 Å². The maximum absolute atomic E-state index is 15.1. The molecule has 0 atom stereocenters. The van der Waals surface area contributed by atoms with E-state index in [1.807, 2.05) is 12.4 Å². The number of benzene rings is 1. The Kier molecular flexibility index (Phi) is 8.01. The number of methoxy groups -OCH3 is 2. The van der Waals surface area contributed by atoms with E-state index in [0.29, 0.717) is 29.9 Å². The molecule has 1 saturated heterocycles. The van der Waals surface area contributed by atoms with Gasteiger partial charge in [0.15, 0.2) is 11.6 Å². The van der Waals surface area contributed by atoms with Crippen molar-refractivity contribution >= 4 is 11.9 Å². The third kappa shape index (κ3) is 5.85. The number of aromatic nitrogens is 8. The summed E-state index contributed by atoms with van der Waals surface area (Å²) in [7, 11) is 2.90. The van der Waals surface area contributed by atoms with Crippen molar-refractivity contribution in [2.24, 2.45) is 0 Å². The van der Waals surface area contributed by atoms with E-state index in [0.717, 1.165) is 24.6 Å². The minimum absolute atomic E-state index is 0.0430. The minimum atomic E-state index is -0.614. The van der Waals surface area contributed by atoms with Gasteiger partial charge in [-0.2, -0.15) is 5.10 Å². The number of nitrogens with zero attached hydrogens (tertiary/aromatic N) is 9. The molecule has 0 unspecified atom stereocenters. The van der Waals surface area contributed by atoms with Crippen molar-refractivity contribution < 1.29 is 18.7 Å². The minimum Gasteiger partial charge on any atom is -0.494 e. The molecule has 1 aromatic carbocycles. The van der Waals surface area contributed by atoms with Gasteiger partial charge in [0.2, 0.25) is 5.95 Å². The van der Waals surface area contributed by atoms with E-state index in [4.69, 9.17) is 9.47 Å². The highest BCUT2D eigenvalue weighted by Crippen LogP contribution is 2.26. The maximum atomic E-state index is 15.1. The molecule has 0 saturated carbocycles. The van der Waals surface area contributed by atoms with Crippen molar-refractivity contribution in [3.05, 3.63) is 65.3 Å². The van der Waals surface area contributed by atoms with E-state index in [1.54, 1.807) is 16.9 Å². The number of tetrazole rings is 1. The Morgan fingerprint density at radius 1 is 1.15 bits per heavy atom. The molecule has 14 heteroatoms. The Labute approximate surface area is 224 Å². The fraction of sp³-hybridized carbons (Fsp3) is 0.400. The molecule has 1 N–H and O–H groups in total. The van der Waals surface area contributed by atoms with Gasteiger partial charge in [-0.1, -0.05) is 0 Å². The third-order valence-electron chi connectivity index (χ3n) is 6.50. The van der Waals surface area contributed by atoms with E-state index in [1.165, 1.54) is 44.1 Å². The summed E-state index contributed by atoms with van der Waals surface area (Å²) >= 11 is 0. The van der Waals surface area contributed by atoms with Crippen LogP contribution < -0.4 is 15.0 Å². The van der Waals surface area contributed by atoms with Gasteiger partial charge in [-0.15, -0.1) is 5.10 Å². The van der Waals surface area contributed by atoms with Gasteiger partial charge in [-0.3, -0.25) is 9.48 Å². The second-order valence-corrected chi connectivity index (χ2v) is 9.04. The summed E-state index contributed by atoms with van der Waals surface area (Å²) in [5.74, 6) is -0.234. The summed E-state index contributed by atoms with van der Waals surface area (Å²) < 4.78 is 28.5. The van der Waals surface area contributed by atoms with Gasteiger partial charge in [-0.25, -0.2) is 19.0 Å². The molecule has 204 valence electrons. The van der Waals surface area contributed by atoms with Crippen LogP contribution in [0.25, 0.3) is 5.69 Å². The molecule has 4 aromatic rings. The summed E-state index contributed by atoms with van der Waals surface area (Å²) in [5.41, 5.74) is 2.33. The maximum Gasteiger partial charge on any atom is 0.255 e. The zero-order valence-corrected chi connectivity index (χ0v) is 21.7. The van der Waals surface area contributed by atoms with Gasteiger partial charge in [0, 0.05) is 57.4 Å². The standard InChI is InChI=1S/C25H29FN10O3/c1-38-15-20-19(14-35(31-20)10-7-17-11-28-25(29-12-17)34-8-3-4-9-34)24(37)27-13-18-21(36-16-30-32-33-36)5-6-22(39-2)23(18)26/h5-6,11-12,14,16H,3-4,7-10,13,15H2,1-2H3,(H,27,37).